The number of thiophene rings is 1. The summed E-state index contributed by atoms with van der Waals surface area (Å²) in [5.41, 5.74) is 1.94. The van der Waals surface area contributed by atoms with Gasteiger partial charge in [-0.15, -0.1) is 11.3 Å². The van der Waals surface area contributed by atoms with E-state index in [-0.39, 0.29) is 5.56 Å². The van der Waals surface area contributed by atoms with Crippen LogP contribution in [0.2, 0.25) is 0 Å². The Morgan fingerprint density at radius 1 is 1.22 bits per heavy atom. The van der Waals surface area contributed by atoms with Crippen molar-refractivity contribution in [1.29, 1.82) is 0 Å². The second-order valence-electron chi connectivity index (χ2n) is 6.43. The summed E-state index contributed by atoms with van der Waals surface area (Å²) in [7, 11) is 4.00. The molecule has 4 rings (SSSR count). The summed E-state index contributed by atoms with van der Waals surface area (Å²) < 4.78 is 2.58. The number of nitrogens with zero attached hydrogens (tertiary/aromatic N) is 4. The summed E-state index contributed by atoms with van der Waals surface area (Å²) in [5.74, 6) is 0. The zero-order valence-electron chi connectivity index (χ0n) is 13.5. The van der Waals surface area contributed by atoms with Crippen LogP contribution in [0.25, 0.3) is 20.4 Å². The molecular weight excluding hydrogens is 308 g/mol. The molecule has 1 fully saturated rings. The van der Waals surface area contributed by atoms with Crippen LogP contribution in [0.1, 0.15) is 38.1 Å². The van der Waals surface area contributed by atoms with Gasteiger partial charge in [0.15, 0.2) is 0 Å². The molecule has 0 spiro atoms. The second kappa shape index (κ2) is 5.60. The molecule has 5 nitrogen and oxygen atoms in total. The van der Waals surface area contributed by atoms with Gasteiger partial charge in [-0.3, -0.25) is 9.36 Å². The summed E-state index contributed by atoms with van der Waals surface area (Å²) in [6.07, 6.45) is 9.39. The van der Waals surface area contributed by atoms with E-state index in [1.165, 1.54) is 30.6 Å². The highest BCUT2D eigenvalue weighted by molar-refractivity contribution is 7.25. The highest BCUT2D eigenvalue weighted by atomic mass is 32.1. The summed E-state index contributed by atoms with van der Waals surface area (Å²) >= 11 is 1.46. The van der Waals surface area contributed by atoms with Crippen molar-refractivity contribution in [3.05, 3.63) is 28.9 Å². The first-order valence-corrected chi connectivity index (χ1v) is 8.94. The lowest BCUT2D eigenvalue weighted by molar-refractivity contribution is 0.345. The third-order valence-electron chi connectivity index (χ3n) is 4.73. The normalized spacial score (nSPS) is 16.3. The van der Waals surface area contributed by atoms with Crippen molar-refractivity contribution >= 4 is 37.5 Å². The minimum absolute atomic E-state index is 0.0922. The van der Waals surface area contributed by atoms with Gasteiger partial charge in [-0.2, -0.15) is 0 Å². The molecule has 23 heavy (non-hydrogen) atoms. The van der Waals surface area contributed by atoms with Crippen LogP contribution in [0.5, 0.6) is 0 Å². The third-order valence-corrected chi connectivity index (χ3v) is 5.81. The van der Waals surface area contributed by atoms with Crippen LogP contribution in [0.3, 0.4) is 0 Å². The van der Waals surface area contributed by atoms with Crippen molar-refractivity contribution < 1.29 is 0 Å². The fourth-order valence-electron chi connectivity index (χ4n) is 3.54. The Labute approximate surface area is 138 Å². The molecule has 0 atom stereocenters. The lowest BCUT2D eigenvalue weighted by Crippen LogP contribution is -2.26. The first-order chi connectivity index (χ1) is 11.2. The summed E-state index contributed by atoms with van der Waals surface area (Å²) in [4.78, 5) is 25.0. The van der Waals surface area contributed by atoms with Gasteiger partial charge >= 0.3 is 0 Å². The van der Waals surface area contributed by atoms with Crippen LogP contribution in [-0.2, 0) is 0 Å². The van der Waals surface area contributed by atoms with Crippen molar-refractivity contribution in [2.75, 3.05) is 19.0 Å². The molecule has 3 aromatic rings. The Kier molecular flexibility index (Phi) is 3.56. The number of anilines is 1. The maximum atomic E-state index is 13.0. The molecule has 0 bridgehead atoms. The van der Waals surface area contributed by atoms with Gasteiger partial charge < -0.3 is 4.90 Å². The summed E-state index contributed by atoms with van der Waals surface area (Å²) in [6.45, 7) is 0. The van der Waals surface area contributed by atoms with Gasteiger partial charge in [0.2, 0.25) is 0 Å². The molecule has 1 aliphatic carbocycles. The lowest BCUT2D eigenvalue weighted by Gasteiger charge is -2.23. The Morgan fingerprint density at radius 3 is 2.74 bits per heavy atom. The van der Waals surface area contributed by atoms with Crippen LogP contribution >= 0.6 is 11.3 Å². The van der Waals surface area contributed by atoms with Crippen molar-refractivity contribution in [2.24, 2.45) is 0 Å². The fraction of sp³-hybridized carbons (Fsp3) is 0.471. The van der Waals surface area contributed by atoms with Gasteiger partial charge in [0.25, 0.3) is 5.56 Å². The zero-order chi connectivity index (χ0) is 16.0. The molecule has 6 heteroatoms. The minimum Gasteiger partial charge on any atom is -0.377 e. The minimum atomic E-state index is 0.0922. The quantitative estimate of drug-likeness (QED) is 0.721. The molecule has 120 valence electrons. The molecule has 0 aliphatic heterocycles. The molecule has 0 radical (unpaired) electrons. The molecule has 0 saturated heterocycles. The molecule has 0 amide bonds. The van der Waals surface area contributed by atoms with Gasteiger partial charge in [0.05, 0.1) is 22.9 Å². The number of pyridine rings is 1. The Morgan fingerprint density at radius 2 is 2.00 bits per heavy atom. The molecule has 3 heterocycles. The fourth-order valence-corrected chi connectivity index (χ4v) is 4.60. The van der Waals surface area contributed by atoms with Gasteiger partial charge in [-0.25, -0.2) is 9.97 Å². The van der Waals surface area contributed by atoms with E-state index in [0.29, 0.717) is 6.04 Å². The van der Waals surface area contributed by atoms with E-state index in [2.05, 4.69) is 9.97 Å². The summed E-state index contributed by atoms with van der Waals surface area (Å²) in [6, 6.07) is 2.28. The van der Waals surface area contributed by atoms with Crippen LogP contribution in [0, 0.1) is 0 Å². The van der Waals surface area contributed by atoms with Crippen LogP contribution < -0.4 is 10.5 Å². The van der Waals surface area contributed by atoms with E-state index in [1.807, 2.05) is 29.6 Å². The predicted octanol–water partition coefficient (Wildman–Crippen LogP) is 3.58. The third kappa shape index (κ3) is 2.32. The highest BCUT2D eigenvalue weighted by Crippen LogP contribution is 2.35. The number of hydrogen-bond acceptors (Lipinski definition) is 5. The topological polar surface area (TPSA) is 51.0 Å². The van der Waals surface area contributed by atoms with Crippen molar-refractivity contribution in [3.63, 3.8) is 0 Å². The van der Waals surface area contributed by atoms with Gasteiger partial charge in [-0.05, 0) is 18.9 Å². The van der Waals surface area contributed by atoms with Crippen molar-refractivity contribution in [3.8, 4) is 0 Å². The SMILES string of the molecule is CN(C)c1ccnc2sc3c(=O)n(C4CCCCC4)cnc3c12. The Balaban J connectivity index is 1.96. The van der Waals surface area contributed by atoms with Crippen molar-refractivity contribution in [2.45, 2.75) is 38.1 Å². The maximum absolute atomic E-state index is 13.0. The number of hydrogen-bond donors (Lipinski definition) is 0. The van der Waals surface area contributed by atoms with E-state index < -0.39 is 0 Å². The molecular formula is C17H20N4OS. The number of rotatable bonds is 2. The van der Waals surface area contributed by atoms with E-state index in [4.69, 9.17) is 0 Å². The van der Waals surface area contributed by atoms with E-state index >= 15 is 0 Å². The standard InChI is InChI=1S/C17H20N4OS/c1-20(2)12-8-9-18-16-13(12)14-15(23-16)17(22)21(10-19-14)11-6-4-3-5-7-11/h8-11H,3-7H2,1-2H3. The molecule has 1 aliphatic rings. The van der Waals surface area contributed by atoms with Gasteiger partial charge in [-0.1, -0.05) is 19.3 Å². The maximum Gasteiger partial charge on any atom is 0.271 e. The van der Waals surface area contributed by atoms with E-state index in [0.717, 1.165) is 39.0 Å². The van der Waals surface area contributed by atoms with Crippen LogP contribution in [-0.4, -0.2) is 28.6 Å². The van der Waals surface area contributed by atoms with Crippen LogP contribution in [0.4, 0.5) is 5.69 Å². The molecule has 0 aromatic carbocycles. The Bertz CT molecular complexity index is 921. The number of fused-ring (bicyclic) bond motifs is 3. The van der Waals surface area contributed by atoms with E-state index in [9.17, 15) is 4.79 Å². The van der Waals surface area contributed by atoms with Gasteiger partial charge in [0, 0.05) is 26.3 Å². The zero-order valence-corrected chi connectivity index (χ0v) is 14.3. The predicted molar refractivity (Wildman–Crippen MR) is 95.6 cm³/mol. The van der Waals surface area contributed by atoms with Gasteiger partial charge in [0.1, 0.15) is 9.53 Å². The molecule has 1 saturated carbocycles. The molecule has 3 aromatic heterocycles. The lowest BCUT2D eigenvalue weighted by atomic mass is 9.95. The van der Waals surface area contributed by atoms with Crippen molar-refractivity contribution in [1.82, 2.24) is 14.5 Å². The monoisotopic (exact) mass is 328 g/mol. The number of aromatic nitrogens is 3. The van der Waals surface area contributed by atoms with Crippen LogP contribution in [0.15, 0.2) is 23.4 Å². The second-order valence-corrected chi connectivity index (χ2v) is 7.43. The first kappa shape index (κ1) is 14.6. The van der Waals surface area contributed by atoms with E-state index in [1.54, 1.807) is 12.5 Å². The average Bonchev–Trinajstić information content (AvgIpc) is 2.95. The molecule has 0 unspecified atom stereocenters. The smallest absolute Gasteiger partial charge is 0.271 e. The first-order valence-electron chi connectivity index (χ1n) is 8.12. The largest absolute Gasteiger partial charge is 0.377 e. The summed E-state index contributed by atoms with van der Waals surface area (Å²) in [5, 5.41) is 0.991. The highest BCUT2D eigenvalue weighted by Gasteiger charge is 2.21. The molecule has 0 N–H and O–H groups in total. The Hall–Kier alpha value is -1.95. The average molecular weight is 328 g/mol.